The van der Waals surface area contributed by atoms with Crippen LogP contribution in [-0.2, 0) is 10.0 Å². The van der Waals surface area contributed by atoms with E-state index in [1.165, 1.54) is 6.07 Å². The fourth-order valence-electron chi connectivity index (χ4n) is 2.21. The Labute approximate surface area is 186 Å². The smallest absolute Gasteiger partial charge is 0.250 e. The third kappa shape index (κ3) is 7.94. The van der Waals surface area contributed by atoms with Gasteiger partial charge in [0.1, 0.15) is 4.21 Å². The topological polar surface area (TPSA) is 82.6 Å². The van der Waals surface area contributed by atoms with Crippen molar-refractivity contribution in [1.29, 1.82) is 0 Å². The average molecular weight is 543 g/mol. The van der Waals surface area contributed by atoms with Gasteiger partial charge in [-0.1, -0.05) is 41.9 Å². The highest BCUT2D eigenvalue weighted by Crippen LogP contribution is 2.25. The number of thiophene rings is 1. The van der Waals surface area contributed by atoms with Gasteiger partial charge in [0.05, 0.1) is 16.9 Å². The van der Waals surface area contributed by atoms with Crippen LogP contribution < -0.4 is 15.4 Å². The molecule has 0 aliphatic rings. The van der Waals surface area contributed by atoms with Crippen molar-refractivity contribution in [2.45, 2.75) is 24.1 Å². The molecule has 2 rings (SSSR count). The highest BCUT2D eigenvalue weighted by Gasteiger charge is 2.15. The zero-order valence-corrected chi connectivity index (χ0v) is 19.8. The van der Waals surface area contributed by atoms with Crippen LogP contribution in [0.1, 0.15) is 25.5 Å². The quantitative estimate of drug-likeness (QED) is 0.206. The Morgan fingerprint density at radius 2 is 1.93 bits per heavy atom. The SMILES string of the molecule is CCNC(=NCCNS(=O)(=O)c1ccc(Cl)s1)NC(C)c1ccccc1.I. The largest absolute Gasteiger partial charge is 0.357 e. The van der Waals surface area contributed by atoms with Gasteiger partial charge in [0.2, 0.25) is 10.0 Å². The summed E-state index contributed by atoms with van der Waals surface area (Å²) in [4.78, 5) is 4.43. The van der Waals surface area contributed by atoms with E-state index in [2.05, 4.69) is 20.3 Å². The number of aliphatic imine (C=N–C) groups is 1. The van der Waals surface area contributed by atoms with Crippen LogP contribution in [0.2, 0.25) is 4.34 Å². The molecule has 0 spiro atoms. The van der Waals surface area contributed by atoms with E-state index in [-0.39, 0.29) is 40.8 Å². The Morgan fingerprint density at radius 3 is 2.52 bits per heavy atom. The van der Waals surface area contributed by atoms with Crippen LogP contribution in [0.25, 0.3) is 0 Å². The summed E-state index contributed by atoms with van der Waals surface area (Å²) in [5.41, 5.74) is 1.15. The second-order valence-electron chi connectivity index (χ2n) is 5.49. The zero-order chi connectivity index (χ0) is 19.0. The van der Waals surface area contributed by atoms with Gasteiger partial charge in [0.15, 0.2) is 5.96 Å². The molecule has 1 unspecified atom stereocenters. The fourth-order valence-corrected chi connectivity index (χ4v) is 4.76. The second-order valence-corrected chi connectivity index (χ2v) is 9.20. The minimum atomic E-state index is -3.54. The normalized spacial score (nSPS) is 12.9. The summed E-state index contributed by atoms with van der Waals surface area (Å²) in [7, 11) is -3.54. The standard InChI is InChI=1S/C17H23ClN4O2S2.HI/c1-3-19-17(22-13(2)14-7-5-4-6-8-14)20-11-12-21-26(23,24)16-10-9-15(18)25-16;/h4-10,13,21H,3,11-12H2,1-2H3,(H2,19,20,22);1H. The predicted octanol–water partition coefficient (Wildman–Crippen LogP) is 3.61. The van der Waals surface area contributed by atoms with Crippen LogP contribution in [-0.4, -0.2) is 34.0 Å². The van der Waals surface area contributed by atoms with Crippen molar-refractivity contribution in [3.8, 4) is 0 Å². The number of nitrogens with one attached hydrogen (secondary N) is 3. The molecule has 0 bridgehead atoms. The summed E-state index contributed by atoms with van der Waals surface area (Å²) in [5, 5.41) is 6.48. The maximum atomic E-state index is 12.1. The summed E-state index contributed by atoms with van der Waals surface area (Å²) < 4.78 is 27.5. The highest BCUT2D eigenvalue weighted by atomic mass is 127. The molecular formula is C17H24ClIN4O2S2. The van der Waals surface area contributed by atoms with E-state index in [1.807, 2.05) is 44.2 Å². The van der Waals surface area contributed by atoms with Crippen molar-refractivity contribution in [2.75, 3.05) is 19.6 Å². The van der Waals surface area contributed by atoms with Crippen LogP contribution in [0.3, 0.4) is 0 Å². The number of guanidine groups is 1. The molecule has 1 atom stereocenters. The van der Waals surface area contributed by atoms with Gasteiger partial charge in [-0.3, -0.25) is 4.99 Å². The third-order valence-corrected chi connectivity index (χ3v) is 6.67. The molecule has 0 radical (unpaired) electrons. The first-order valence-electron chi connectivity index (χ1n) is 8.27. The van der Waals surface area contributed by atoms with Gasteiger partial charge in [-0.25, -0.2) is 13.1 Å². The van der Waals surface area contributed by atoms with Crippen molar-refractivity contribution in [1.82, 2.24) is 15.4 Å². The van der Waals surface area contributed by atoms with E-state index in [9.17, 15) is 8.42 Å². The molecule has 0 amide bonds. The van der Waals surface area contributed by atoms with Gasteiger partial charge in [-0.2, -0.15) is 0 Å². The summed E-state index contributed by atoms with van der Waals surface area (Å²) in [5.74, 6) is 0.641. The predicted molar refractivity (Wildman–Crippen MR) is 124 cm³/mol. The van der Waals surface area contributed by atoms with Crippen molar-refractivity contribution in [2.24, 2.45) is 4.99 Å². The number of hydrogen-bond donors (Lipinski definition) is 3. The van der Waals surface area contributed by atoms with E-state index < -0.39 is 10.0 Å². The molecule has 0 saturated carbocycles. The molecule has 1 aromatic heterocycles. The van der Waals surface area contributed by atoms with Gasteiger partial charge >= 0.3 is 0 Å². The second kappa shape index (κ2) is 11.8. The number of nitrogens with zero attached hydrogens (tertiary/aromatic N) is 1. The molecule has 0 aliphatic carbocycles. The van der Waals surface area contributed by atoms with E-state index in [0.29, 0.717) is 23.4 Å². The Hall–Kier alpha value is -0.880. The molecule has 0 aliphatic heterocycles. The molecule has 1 heterocycles. The molecule has 0 saturated heterocycles. The van der Waals surface area contributed by atoms with Crippen molar-refractivity contribution in [3.05, 3.63) is 52.4 Å². The molecule has 1 aromatic carbocycles. The first-order chi connectivity index (χ1) is 12.4. The van der Waals surface area contributed by atoms with E-state index >= 15 is 0 Å². The van der Waals surface area contributed by atoms with Crippen molar-refractivity contribution in [3.63, 3.8) is 0 Å². The number of benzene rings is 1. The number of halogens is 2. The lowest BCUT2D eigenvalue weighted by Gasteiger charge is -2.18. The molecule has 150 valence electrons. The summed E-state index contributed by atoms with van der Waals surface area (Å²) in [6.07, 6.45) is 0. The Kier molecular flexibility index (Phi) is 10.6. The van der Waals surface area contributed by atoms with Crippen molar-refractivity contribution >= 4 is 62.9 Å². The van der Waals surface area contributed by atoms with Gasteiger partial charge in [-0.15, -0.1) is 35.3 Å². The van der Waals surface area contributed by atoms with Crippen LogP contribution >= 0.6 is 46.9 Å². The molecule has 3 N–H and O–H groups in total. The number of hydrogen-bond acceptors (Lipinski definition) is 4. The average Bonchev–Trinajstić information content (AvgIpc) is 3.07. The Balaban J connectivity index is 0.00000364. The number of sulfonamides is 1. The third-order valence-electron chi connectivity index (χ3n) is 3.48. The van der Waals surface area contributed by atoms with Crippen LogP contribution in [0, 0.1) is 0 Å². The molecule has 10 heteroatoms. The fraction of sp³-hybridized carbons (Fsp3) is 0.353. The molecule has 27 heavy (non-hydrogen) atoms. The van der Waals surface area contributed by atoms with Gasteiger partial charge in [0.25, 0.3) is 0 Å². The van der Waals surface area contributed by atoms with Crippen LogP contribution in [0.5, 0.6) is 0 Å². The summed E-state index contributed by atoms with van der Waals surface area (Å²) >= 11 is 6.82. The summed E-state index contributed by atoms with van der Waals surface area (Å²) in [6.45, 7) is 5.26. The van der Waals surface area contributed by atoms with E-state index in [1.54, 1.807) is 6.07 Å². The van der Waals surface area contributed by atoms with E-state index in [4.69, 9.17) is 11.6 Å². The lowest BCUT2D eigenvalue weighted by atomic mass is 10.1. The van der Waals surface area contributed by atoms with E-state index in [0.717, 1.165) is 16.9 Å². The van der Waals surface area contributed by atoms with Crippen LogP contribution in [0.4, 0.5) is 0 Å². The zero-order valence-electron chi connectivity index (χ0n) is 15.1. The lowest BCUT2D eigenvalue weighted by Crippen LogP contribution is -2.39. The van der Waals surface area contributed by atoms with Gasteiger partial charge < -0.3 is 10.6 Å². The van der Waals surface area contributed by atoms with Crippen molar-refractivity contribution < 1.29 is 8.42 Å². The van der Waals surface area contributed by atoms with Gasteiger partial charge in [-0.05, 0) is 31.5 Å². The maximum absolute atomic E-state index is 12.1. The number of rotatable bonds is 8. The maximum Gasteiger partial charge on any atom is 0.250 e. The first kappa shape index (κ1) is 24.2. The van der Waals surface area contributed by atoms with Gasteiger partial charge in [0, 0.05) is 13.1 Å². The molecule has 0 fully saturated rings. The highest BCUT2D eigenvalue weighted by molar-refractivity contribution is 14.0. The summed E-state index contributed by atoms with van der Waals surface area (Å²) in [6, 6.07) is 13.2. The molecule has 6 nitrogen and oxygen atoms in total. The monoisotopic (exact) mass is 542 g/mol. The lowest BCUT2D eigenvalue weighted by molar-refractivity contribution is 0.584. The van der Waals surface area contributed by atoms with Crippen LogP contribution in [0.15, 0.2) is 51.7 Å². The minimum absolute atomic E-state index is 0. The Bertz CT molecular complexity index is 828. The first-order valence-corrected chi connectivity index (χ1v) is 10.9. The minimum Gasteiger partial charge on any atom is -0.357 e. The Morgan fingerprint density at radius 1 is 1.22 bits per heavy atom. The molecule has 2 aromatic rings. The molecular weight excluding hydrogens is 519 g/mol.